The lowest BCUT2D eigenvalue weighted by Crippen LogP contribution is -2.44. The maximum Gasteiger partial charge on any atom is 0.125 e. The van der Waals surface area contributed by atoms with E-state index in [9.17, 15) is 0 Å². The smallest absolute Gasteiger partial charge is 0.125 e. The maximum atomic E-state index is 6.53. The molecule has 0 aliphatic carbocycles. The zero-order valence-corrected chi connectivity index (χ0v) is 16.7. The van der Waals surface area contributed by atoms with Gasteiger partial charge in [0.05, 0.1) is 6.04 Å². The number of alkyl halides is 1. The molecule has 136 valence electrons. The van der Waals surface area contributed by atoms with Crippen LogP contribution >= 0.6 is 11.6 Å². The van der Waals surface area contributed by atoms with Crippen LogP contribution in [0, 0.1) is 20.8 Å². The Hall–Kier alpha value is -1.74. The molecule has 2 rings (SSSR count). The number of pyridine rings is 1. The number of halogens is 1. The zero-order valence-electron chi connectivity index (χ0n) is 15.9. The van der Waals surface area contributed by atoms with Crippen LogP contribution in [-0.4, -0.2) is 30.1 Å². The Balaban J connectivity index is 2.29. The van der Waals surface area contributed by atoms with Crippen molar-refractivity contribution in [2.24, 2.45) is 0 Å². The van der Waals surface area contributed by atoms with Gasteiger partial charge in [-0.25, -0.2) is 0 Å². The van der Waals surface area contributed by atoms with Crippen molar-refractivity contribution in [3.05, 3.63) is 53.3 Å². The van der Waals surface area contributed by atoms with Gasteiger partial charge in [-0.2, -0.15) is 0 Å². The van der Waals surface area contributed by atoms with E-state index >= 15 is 0 Å². The number of hydrogen-bond donors (Lipinski definition) is 0. The number of aryl methyl sites for hydroxylation is 3. The number of aromatic nitrogens is 1. The normalized spacial score (nSPS) is 13.4. The largest absolute Gasteiger partial charge is 0.488 e. The van der Waals surface area contributed by atoms with Gasteiger partial charge < -0.3 is 9.64 Å². The third-order valence-electron chi connectivity index (χ3n) is 4.68. The maximum absolute atomic E-state index is 6.53. The van der Waals surface area contributed by atoms with Crippen LogP contribution < -0.4 is 9.64 Å². The molecule has 0 aliphatic rings. The van der Waals surface area contributed by atoms with Crippen molar-refractivity contribution >= 4 is 17.3 Å². The van der Waals surface area contributed by atoms with Crippen LogP contribution in [0.2, 0.25) is 0 Å². The lowest BCUT2D eigenvalue weighted by atomic mass is 10.0. The molecule has 3 nitrogen and oxygen atoms in total. The molecule has 2 aromatic rings. The molecule has 0 amide bonds. The van der Waals surface area contributed by atoms with Crippen molar-refractivity contribution in [3.8, 4) is 5.75 Å². The van der Waals surface area contributed by atoms with Gasteiger partial charge in [0.25, 0.3) is 0 Å². The van der Waals surface area contributed by atoms with Gasteiger partial charge in [0, 0.05) is 31.0 Å². The zero-order chi connectivity index (χ0) is 18.4. The van der Waals surface area contributed by atoms with Crippen LogP contribution in [0.1, 0.15) is 36.5 Å². The Morgan fingerprint density at radius 2 is 1.72 bits per heavy atom. The molecular formula is C21H29ClN2O. The summed E-state index contributed by atoms with van der Waals surface area (Å²) in [5.41, 5.74) is 4.76. The van der Waals surface area contributed by atoms with Gasteiger partial charge in [0.15, 0.2) is 0 Å². The van der Waals surface area contributed by atoms with Crippen LogP contribution in [0.5, 0.6) is 5.75 Å². The van der Waals surface area contributed by atoms with E-state index < -0.39 is 0 Å². The average Bonchev–Trinajstić information content (AvgIpc) is 2.59. The monoisotopic (exact) mass is 360 g/mol. The number of benzene rings is 1. The van der Waals surface area contributed by atoms with Gasteiger partial charge >= 0.3 is 0 Å². The summed E-state index contributed by atoms with van der Waals surface area (Å²) in [5, 5.41) is 0. The van der Waals surface area contributed by atoms with Crippen molar-refractivity contribution in [2.75, 3.05) is 17.8 Å². The van der Waals surface area contributed by atoms with E-state index in [0.717, 1.165) is 24.3 Å². The fourth-order valence-corrected chi connectivity index (χ4v) is 3.71. The summed E-state index contributed by atoms with van der Waals surface area (Å²) in [7, 11) is 2.11. The minimum atomic E-state index is 0.0285. The molecule has 1 aromatic heterocycles. The van der Waals surface area contributed by atoms with Crippen molar-refractivity contribution in [1.82, 2.24) is 4.98 Å². The molecule has 0 radical (unpaired) electrons. The summed E-state index contributed by atoms with van der Waals surface area (Å²) in [6.45, 7) is 8.54. The van der Waals surface area contributed by atoms with E-state index in [2.05, 4.69) is 56.8 Å². The van der Waals surface area contributed by atoms with E-state index in [0.29, 0.717) is 5.88 Å². The third kappa shape index (κ3) is 4.88. The molecule has 2 atom stereocenters. The minimum Gasteiger partial charge on any atom is -0.488 e. The lowest BCUT2D eigenvalue weighted by molar-refractivity contribution is 0.160. The molecule has 1 aromatic carbocycles. The van der Waals surface area contributed by atoms with E-state index in [1.54, 1.807) is 0 Å². The quantitative estimate of drug-likeness (QED) is 0.597. The van der Waals surface area contributed by atoms with E-state index in [4.69, 9.17) is 16.3 Å². The Bertz CT molecular complexity index is 652. The molecule has 0 N–H and O–H groups in total. The van der Waals surface area contributed by atoms with Gasteiger partial charge in [-0.1, -0.05) is 24.6 Å². The summed E-state index contributed by atoms with van der Waals surface area (Å²) in [5.74, 6) is 1.57. The highest BCUT2D eigenvalue weighted by molar-refractivity contribution is 6.17. The SMILES string of the molecule is CCC(C(CCCl)Oc1c(C)cc(C)cc1C)N(C)c1ccncc1. The number of nitrogens with zero attached hydrogens (tertiary/aromatic N) is 2. The third-order valence-corrected chi connectivity index (χ3v) is 4.90. The number of hydrogen-bond acceptors (Lipinski definition) is 3. The van der Waals surface area contributed by atoms with Gasteiger partial charge in [-0.05, 0) is 56.9 Å². The van der Waals surface area contributed by atoms with Crippen molar-refractivity contribution in [1.29, 1.82) is 0 Å². The second kappa shape index (κ2) is 9.10. The van der Waals surface area contributed by atoms with Gasteiger partial charge in [-0.3, -0.25) is 4.98 Å². The van der Waals surface area contributed by atoms with Crippen LogP contribution in [0.4, 0.5) is 5.69 Å². The van der Waals surface area contributed by atoms with Crippen molar-refractivity contribution < 1.29 is 4.74 Å². The first-order valence-corrected chi connectivity index (χ1v) is 9.44. The summed E-state index contributed by atoms with van der Waals surface area (Å²) in [4.78, 5) is 6.39. The Labute approximate surface area is 157 Å². The summed E-state index contributed by atoms with van der Waals surface area (Å²) in [6, 6.07) is 8.65. The van der Waals surface area contributed by atoms with Gasteiger partial charge in [-0.15, -0.1) is 11.6 Å². The summed E-state index contributed by atoms with van der Waals surface area (Å²) in [6.07, 6.45) is 5.46. The predicted molar refractivity (Wildman–Crippen MR) is 107 cm³/mol. The van der Waals surface area contributed by atoms with Crippen LogP contribution in [0.25, 0.3) is 0 Å². The predicted octanol–water partition coefficient (Wildman–Crippen LogP) is 5.30. The molecule has 2 unspecified atom stereocenters. The Morgan fingerprint density at radius 3 is 2.24 bits per heavy atom. The highest BCUT2D eigenvalue weighted by atomic mass is 35.5. The van der Waals surface area contributed by atoms with Crippen LogP contribution in [-0.2, 0) is 0 Å². The fraction of sp³-hybridized carbons (Fsp3) is 0.476. The van der Waals surface area contributed by atoms with Gasteiger partial charge in [0.2, 0.25) is 0 Å². The fourth-order valence-electron chi connectivity index (χ4n) is 3.50. The molecule has 0 aliphatic heterocycles. The topological polar surface area (TPSA) is 25.4 Å². The molecule has 0 bridgehead atoms. The molecule has 25 heavy (non-hydrogen) atoms. The van der Waals surface area contributed by atoms with Crippen LogP contribution in [0.15, 0.2) is 36.7 Å². The highest BCUT2D eigenvalue weighted by Crippen LogP contribution is 2.29. The summed E-state index contributed by atoms with van der Waals surface area (Å²) < 4.78 is 6.53. The number of rotatable bonds is 8. The number of anilines is 1. The Morgan fingerprint density at radius 1 is 1.12 bits per heavy atom. The standard InChI is InChI=1S/C21H29ClN2O/c1-6-19(24(5)18-8-11-23-12-9-18)20(7-10-22)25-21-16(3)13-15(2)14-17(21)4/h8-9,11-14,19-20H,6-7,10H2,1-5H3. The van der Waals surface area contributed by atoms with E-state index in [1.165, 1.54) is 16.7 Å². The van der Waals surface area contributed by atoms with E-state index in [1.807, 2.05) is 24.5 Å². The molecule has 4 heteroatoms. The summed E-state index contributed by atoms with van der Waals surface area (Å²) >= 11 is 6.11. The average molecular weight is 361 g/mol. The number of likely N-dealkylation sites (N-methyl/N-ethyl adjacent to an activating group) is 1. The molecule has 0 saturated heterocycles. The van der Waals surface area contributed by atoms with Gasteiger partial charge in [0.1, 0.15) is 11.9 Å². The first-order chi connectivity index (χ1) is 12.0. The highest BCUT2D eigenvalue weighted by Gasteiger charge is 2.26. The lowest BCUT2D eigenvalue weighted by Gasteiger charge is -2.36. The van der Waals surface area contributed by atoms with Crippen molar-refractivity contribution in [3.63, 3.8) is 0 Å². The number of ether oxygens (including phenoxy) is 1. The van der Waals surface area contributed by atoms with Crippen molar-refractivity contribution in [2.45, 2.75) is 52.7 Å². The van der Waals surface area contributed by atoms with Crippen LogP contribution in [0.3, 0.4) is 0 Å². The molecular weight excluding hydrogens is 332 g/mol. The molecule has 1 heterocycles. The van der Waals surface area contributed by atoms with E-state index in [-0.39, 0.29) is 12.1 Å². The second-order valence-corrected chi connectivity index (χ2v) is 7.03. The second-order valence-electron chi connectivity index (χ2n) is 6.65. The molecule has 0 spiro atoms. The molecule has 0 fully saturated rings. The first-order valence-electron chi connectivity index (χ1n) is 8.91. The Kier molecular flexibility index (Phi) is 7.12. The molecule has 0 saturated carbocycles. The first kappa shape index (κ1) is 19.6. The minimum absolute atomic E-state index is 0.0285.